The second kappa shape index (κ2) is 5.40. The van der Waals surface area contributed by atoms with Gasteiger partial charge in [0, 0.05) is 12.7 Å². The lowest BCUT2D eigenvalue weighted by molar-refractivity contribution is 0.507. The number of anilines is 1. The summed E-state index contributed by atoms with van der Waals surface area (Å²) in [6.07, 6.45) is 8.28. The zero-order chi connectivity index (χ0) is 14.9. The summed E-state index contributed by atoms with van der Waals surface area (Å²) in [7, 11) is 0. The zero-order valence-corrected chi connectivity index (χ0v) is 12.7. The molecule has 1 aliphatic rings. The van der Waals surface area contributed by atoms with Crippen molar-refractivity contribution < 1.29 is 0 Å². The van der Waals surface area contributed by atoms with E-state index >= 15 is 0 Å². The fourth-order valence-corrected chi connectivity index (χ4v) is 3.20. The van der Waals surface area contributed by atoms with Crippen molar-refractivity contribution >= 4 is 16.9 Å². The van der Waals surface area contributed by atoms with Gasteiger partial charge in [-0.05, 0) is 37.5 Å². The Balaban J connectivity index is 1.61. The molecule has 2 aromatic heterocycles. The highest BCUT2D eigenvalue weighted by Gasteiger charge is 2.26. The average Bonchev–Trinajstić information content (AvgIpc) is 3.16. The molecule has 1 unspecified atom stereocenters. The van der Waals surface area contributed by atoms with Crippen molar-refractivity contribution in [3.8, 4) is 0 Å². The molecule has 0 aliphatic carbocycles. The molecule has 5 nitrogen and oxygen atoms in total. The van der Waals surface area contributed by atoms with Crippen LogP contribution in [-0.4, -0.2) is 32.3 Å². The molecular formula is C17H19N5. The Labute approximate surface area is 129 Å². The van der Waals surface area contributed by atoms with E-state index in [9.17, 15) is 0 Å². The van der Waals surface area contributed by atoms with Crippen LogP contribution >= 0.6 is 0 Å². The van der Waals surface area contributed by atoms with Crippen LogP contribution in [0.3, 0.4) is 0 Å². The van der Waals surface area contributed by atoms with E-state index in [-0.39, 0.29) is 0 Å². The van der Waals surface area contributed by atoms with Crippen LogP contribution in [0.4, 0.5) is 5.82 Å². The van der Waals surface area contributed by atoms with E-state index in [1.165, 1.54) is 18.4 Å². The fraction of sp³-hybridized carbons (Fsp3) is 0.353. The normalized spacial score (nSPS) is 18.2. The van der Waals surface area contributed by atoms with E-state index < -0.39 is 0 Å². The molecule has 0 amide bonds. The van der Waals surface area contributed by atoms with Crippen molar-refractivity contribution in [3.05, 3.63) is 48.4 Å². The van der Waals surface area contributed by atoms with Gasteiger partial charge in [-0.3, -0.25) is 9.67 Å². The number of rotatable bonds is 3. The summed E-state index contributed by atoms with van der Waals surface area (Å²) in [5, 5.41) is 4.41. The van der Waals surface area contributed by atoms with Crippen LogP contribution in [0.5, 0.6) is 0 Å². The smallest absolute Gasteiger partial charge is 0.148 e. The van der Waals surface area contributed by atoms with Gasteiger partial charge in [0.1, 0.15) is 5.82 Å². The molecule has 1 fully saturated rings. The Bertz CT molecular complexity index is 794. The average molecular weight is 293 g/mol. The van der Waals surface area contributed by atoms with Gasteiger partial charge in [-0.1, -0.05) is 12.1 Å². The highest BCUT2D eigenvalue weighted by molar-refractivity contribution is 5.75. The highest BCUT2D eigenvalue weighted by Crippen LogP contribution is 2.25. The van der Waals surface area contributed by atoms with E-state index in [0.717, 1.165) is 29.9 Å². The predicted molar refractivity (Wildman–Crippen MR) is 86.9 cm³/mol. The van der Waals surface area contributed by atoms with Gasteiger partial charge in [-0.25, -0.2) is 4.98 Å². The lowest BCUT2D eigenvalue weighted by Crippen LogP contribution is -2.33. The highest BCUT2D eigenvalue weighted by atomic mass is 15.3. The number of aryl methyl sites for hydroxylation is 1. The lowest BCUT2D eigenvalue weighted by Gasteiger charge is -2.25. The van der Waals surface area contributed by atoms with E-state index in [1.807, 2.05) is 41.3 Å². The first kappa shape index (κ1) is 13.2. The standard InChI is InChI=1S/C17H19N5/c1-13-9-19-21(11-13)12-14-5-4-8-22(14)17-10-18-15-6-2-3-7-16(15)20-17/h2-3,6-7,9-11,14H,4-5,8,12H2,1H3. The summed E-state index contributed by atoms with van der Waals surface area (Å²) in [6, 6.07) is 8.47. The third-order valence-corrected chi connectivity index (χ3v) is 4.27. The number of nitrogens with zero attached hydrogens (tertiary/aromatic N) is 5. The molecule has 0 radical (unpaired) electrons. The number of aromatic nitrogens is 4. The SMILES string of the molecule is Cc1cnn(CC2CCCN2c2cnc3ccccc3n2)c1. The first-order valence-corrected chi connectivity index (χ1v) is 7.77. The number of hydrogen-bond donors (Lipinski definition) is 0. The molecule has 0 bridgehead atoms. The van der Waals surface area contributed by atoms with Gasteiger partial charge in [0.25, 0.3) is 0 Å². The molecule has 22 heavy (non-hydrogen) atoms. The molecule has 0 saturated carbocycles. The van der Waals surface area contributed by atoms with Gasteiger partial charge in [-0.15, -0.1) is 0 Å². The summed E-state index contributed by atoms with van der Waals surface area (Å²) in [4.78, 5) is 11.7. The van der Waals surface area contributed by atoms with Gasteiger partial charge in [0.15, 0.2) is 0 Å². The Morgan fingerprint density at radius 3 is 2.86 bits per heavy atom. The topological polar surface area (TPSA) is 46.8 Å². The van der Waals surface area contributed by atoms with Crippen molar-refractivity contribution in [2.75, 3.05) is 11.4 Å². The lowest BCUT2D eigenvalue weighted by atomic mass is 10.2. The van der Waals surface area contributed by atoms with Crippen LogP contribution in [0.1, 0.15) is 18.4 Å². The molecule has 5 heteroatoms. The quantitative estimate of drug-likeness (QED) is 0.745. The number of benzene rings is 1. The van der Waals surface area contributed by atoms with Gasteiger partial charge in [-0.2, -0.15) is 5.10 Å². The first-order chi connectivity index (χ1) is 10.8. The maximum absolute atomic E-state index is 4.79. The third-order valence-electron chi connectivity index (χ3n) is 4.27. The largest absolute Gasteiger partial charge is 0.350 e. The van der Waals surface area contributed by atoms with Gasteiger partial charge in [0.2, 0.25) is 0 Å². The van der Waals surface area contributed by atoms with Crippen molar-refractivity contribution in [3.63, 3.8) is 0 Å². The van der Waals surface area contributed by atoms with E-state index in [1.54, 1.807) is 0 Å². The zero-order valence-electron chi connectivity index (χ0n) is 12.7. The minimum Gasteiger partial charge on any atom is -0.350 e. The van der Waals surface area contributed by atoms with E-state index in [4.69, 9.17) is 4.98 Å². The number of para-hydroxylation sites is 2. The molecule has 3 heterocycles. The van der Waals surface area contributed by atoms with Gasteiger partial charge < -0.3 is 4.90 Å². The maximum atomic E-state index is 4.79. The fourth-order valence-electron chi connectivity index (χ4n) is 3.20. The molecule has 0 spiro atoms. The minimum absolute atomic E-state index is 0.440. The van der Waals surface area contributed by atoms with Crippen molar-refractivity contribution in [1.29, 1.82) is 0 Å². The van der Waals surface area contributed by atoms with Gasteiger partial charge >= 0.3 is 0 Å². The molecule has 3 aromatic rings. The van der Waals surface area contributed by atoms with Crippen LogP contribution in [0.2, 0.25) is 0 Å². The van der Waals surface area contributed by atoms with E-state index in [2.05, 4.69) is 28.1 Å². The molecule has 1 aliphatic heterocycles. The van der Waals surface area contributed by atoms with Crippen LogP contribution in [0.15, 0.2) is 42.9 Å². The number of fused-ring (bicyclic) bond motifs is 1. The Morgan fingerprint density at radius 2 is 2.05 bits per heavy atom. The second-order valence-electron chi connectivity index (χ2n) is 5.95. The maximum Gasteiger partial charge on any atom is 0.148 e. The monoisotopic (exact) mass is 293 g/mol. The van der Waals surface area contributed by atoms with E-state index in [0.29, 0.717) is 6.04 Å². The van der Waals surface area contributed by atoms with Crippen LogP contribution in [0.25, 0.3) is 11.0 Å². The molecule has 4 rings (SSSR count). The minimum atomic E-state index is 0.440. The third kappa shape index (κ3) is 2.43. The first-order valence-electron chi connectivity index (χ1n) is 7.77. The van der Waals surface area contributed by atoms with Gasteiger partial charge in [0.05, 0.1) is 36.0 Å². The van der Waals surface area contributed by atoms with Crippen LogP contribution in [0, 0.1) is 6.92 Å². The molecule has 0 N–H and O–H groups in total. The molecule has 112 valence electrons. The Morgan fingerprint density at radius 1 is 1.18 bits per heavy atom. The molecule has 1 saturated heterocycles. The summed E-state index contributed by atoms with van der Waals surface area (Å²) >= 11 is 0. The van der Waals surface area contributed by atoms with Crippen molar-refractivity contribution in [2.45, 2.75) is 32.4 Å². The summed E-state index contributed by atoms with van der Waals surface area (Å²) in [5.74, 6) is 0.977. The molecular weight excluding hydrogens is 274 g/mol. The Hall–Kier alpha value is -2.43. The van der Waals surface area contributed by atoms with Crippen LogP contribution in [-0.2, 0) is 6.54 Å². The van der Waals surface area contributed by atoms with Crippen LogP contribution < -0.4 is 4.90 Å². The number of hydrogen-bond acceptors (Lipinski definition) is 4. The van der Waals surface area contributed by atoms with Crippen molar-refractivity contribution in [2.24, 2.45) is 0 Å². The molecule has 1 aromatic carbocycles. The summed E-state index contributed by atoms with van der Waals surface area (Å²) in [5.41, 5.74) is 3.11. The molecule has 1 atom stereocenters. The second-order valence-corrected chi connectivity index (χ2v) is 5.95. The van der Waals surface area contributed by atoms with Crippen molar-refractivity contribution in [1.82, 2.24) is 19.7 Å². The summed E-state index contributed by atoms with van der Waals surface area (Å²) in [6.45, 7) is 4.02. The summed E-state index contributed by atoms with van der Waals surface area (Å²) < 4.78 is 2.03. The predicted octanol–water partition coefficient (Wildman–Crippen LogP) is 2.80. The Kier molecular flexibility index (Phi) is 3.25.